The lowest BCUT2D eigenvalue weighted by Gasteiger charge is -2.26. The van der Waals surface area contributed by atoms with Crippen LogP contribution in [0.5, 0.6) is 0 Å². The molecule has 0 unspecified atom stereocenters. The van der Waals surface area contributed by atoms with Crippen molar-refractivity contribution in [3.63, 3.8) is 0 Å². The topological polar surface area (TPSA) is 55.9 Å². The fraction of sp³-hybridized carbons (Fsp3) is 0.292. The minimum absolute atomic E-state index is 0.0154. The van der Waals surface area contributed by atoms with Crippen molar-refractivity contribution in [1.29, 1.82) is 0 Å². The number of carbonyl (C=O) groups excluding carboxylic acids is 1. The molecule has 1 atom stereocenters. The van der Waals surface area contributed by atoms with E-state index in [0.717, 1.165) is 42.8 Å². The predicted molar refractivity (Wildman–Crippen MR) is 114 cm³/mol. The highest BCUT2D eigenvalue weighted by Gasteiger charge is 2.19. The summed E-state index contributed by atoms with van der Waals surface area (Å²) in [5, 5.41) is 11.7. The summed E-state index contributed by atoms with van der Waals surface area (Å²) in [6.45, 7) is 4.66. The fourth-order valence-electron chi connectivity index (χ4n) is 3.91. The highest BCUT2D eigenvalue weighted by atomic mass is 16.5. The van der Waals surface area contributed by atoms with Gasteiger partial charge < -0.3 is 19.3 Å². The monoisotopic (exact) mass is 391 g/mol. The number of hydrogen-bond acceptors (Lipinski definition) is 3. The number of aliphatic hydroxyl groups excluding tert-OH is 1. The van der Waals surface area contributed by atoms with Crippen molar-refractivity contribution in [3.05, 3.63) is 78.0 Å². The minimum atomic E-state index is -0.429. The molecule has 0 aliphatic carbocycles. The van der Waals surface area contributed by atoms with Crippen LogP contribution in [0.15, 0.2) is 66.9 Å². The minimum Gasteiger partial charge on any atom is -0.385 e. The van der Waals surface area contributed by atoms with E-state index in [1.54, 1.807) is 6.08 Å². The van der Waals surface area contributed by atoms with Gasteiger partial charge in [-0.05, 0) is 18.2 Å². The van der Waals surface area contributed by atoms with Crippen molar-refractivity contribution in [2.75, 3.05) is 32.8 Å². The summed E-state index contributed by atoms with van der Waals surface area (Å²) in [7, 11) is 0. The number of allylic oxidation sites excluding steroid dienone is 1. The molecule has 1 fully saturated rings. The third-order valence-electron chi connectivity index (χ3n) is 5.42. The quantitative estimate of drug-likeness (QED) is 0.477. The van der Waals surface area contributed by atoms with Gasteiger partial charge in [-0.1, -0.05) is 48.5 Å². The number of ether oxygens (including phenoxy) is 1. The molecule has 29 heavy (non-hydrogen) atoms. The van der Waals surface area contributed by atoms with Gasteiger partial charge >= 0.3 is 0 Å². The summed E-state index contributed by atoms with van der Waals surface area (Å²) >= 11 is 0. The van der Waals surface area contributed by atoms with Gasteiger partial charge in [-0.3, -0.25) is 4.79 Å². The lowest BCUT2D eigenvalue weighted by molar-refractivity contribution is -0.911. The van der Waals surface area contributed by atoms with E-state index in [0.29, 0.717) is 18.7 Å². The van der Waals surface area contributed by atoms with Gasteiger partial charge in [0.15, 0.2) is 5.78 Å². The zero-order chi connectivity index (χ0) is 20.1. The van der Waals surface area contributed by atoms with Crippen LogP contribution in [0.25, 0.3) is 17.0 Å². The maximum Gasteiger partial charge on any atom is 0.185 e. The number of ketones is 1. The molecule has 1 aliphatic heterocycles. The molecule has 1 saturated heterocycles. The van der Waals surface area contributed by atoms with E-state index in [-0.39, 0.29) is 5.78 Å². The fourth-order valence-corrected chi connectivity index (χ4v) is 3.91. The largest absolute Gasteiger partial charge is 0.385 e. The van der Waals surface area contributed by atoms with Crippen molar-refractivity contribution in [2.24, 2.45) is 0 Å². The van der Waals surface area contributed by atoms with Gasteiger partial charge in [-0.2, -0.15) is 0 Å². The van der Waals surface area contributed by atoms with Gasteiger partial charge in [0, 0.05) is 28.2 Å². The van der Waals surface area contributed by atoms with Crippen molar-refractivity contribution in [3.8, 4) is 0 Å². The number of fused-ring (bicyclic) bond motifs is 1. The van der Waals surface area contributed by atoms with E-state index < -0.39 is 6.10 Å². The second-order valence-corrected chi connectivity index (χ2v) is 7.54. The Balaban J connectivity index is 1.52. The van der Waals surface area contributed by atoms with Crippen LogP contribution in [0.3, 0.4) is 0 Å². The molecule has 4 rings (SSSR count). The summed E-state index contributed by atoms with van der Waals surface area (Å²) in [6.07, 6.45) is 5.09. The number of benzene rings is 2. The molecular weight excluding hydrogens is 364 g/mol. The Bertz CT molecular complexity index is 988. The Morgan fingerprint density at radius 1 is 1.10 bits per heavy atom. The maximum atomic E-state index is 12.4. The number of carbonyl (C=O) groups is 1. The summed E-state index contributed by atoms with van der Waals surface area (Å²) in [5.41, 5.74) is 2.72. The molecule has 2 N–H and O–H groups in total. The third kappa shape index (κ3) is 4.82. The number of nitrogens with one attached hydrogen (secondary N) is 1. The molecule has 5 heteroatoms. The number of hydrogen-bond donors (Lipinski definition) is 2. The number of morpholine rings is 1. The lowest BCUT2D eigenvalue weighted by atomic mass is 10.1. The first-order valence-corrected chi connectivity index (χ1v) is 10.2. The molecule has 1 aliphatic rings. The number of aromatic nitrogens is 1. The van der Waals surface area contributed by atoms with E-state index in [2.05, 4.69) is 16.7 Å². The Kier molecular flexibility index (Phi) is 6.20. The van der Waals surface area contributed by atoms with E-state index in [1.807, 2.05) is 54.7 Å². The second kappa shape index (κ2) is 9.18. The first kappa shape index (κ1) is 19.6. The summed E-state index contributed by atoms with van der Waals surface area (Å²) in [4.78, 5) is 13.8. The van der Waals surface area contributed by atoms with Gasteiger partial charge in [0.2, 0.25) is 0 Å². The van der Waals surface area contributed by atoms with Crippen LogP contribution in [0.2, 0.25) is 0 Å². The van der Waals surface area contributed by atoms with Gasteiger partial charge in [0.05, 0.1) is 19.8 Å². The zero-order valence-corrected chi connectivity index (χ0v) is 16.5. The number of quaternary nitrogens is 1. The van der Waals surface area contributed by atoms with E-state index in [1.165, 1.54) is 4.90 Å². The summed E-state index contributed by atoms with van der Waals surface area (Å²) in [6, 6.07) is 17.4. The zero-order valence-electron chi connectivity index (χ0n) is 16.5. The molecule has 0 radical (unpaired) electrons. The van der Waals surface area contributed by atoms with Gasteiger partial charge in [0.1, 0.15) is 25.7 Å². The van der Waals surface area contributed by atoms with E-state index in [9.17, 15) is 9.90 Å². The standard InChI is InChI=1S/C24H26N2O3/c27-21(17-25-12-14-29-15-13-25)18-26-16-20(22-8-4-5-9-23(22)26)10-11-24(28)19-6-2-1-3-7-19/h1-11,16,21,27H,12-15,17-18H2/p+1/b11-10+/t21-/m1/s1. The van der Waals surface area contributed by atoms with Gasteiger partial charge in [-0.15, -0.1) is 0 Å². The summed E-state index contributed by atoms with van der Waals surface area (Å²) in [5.74, 6) is -0.0154. The Morgan fingerprint density at radius 3 is 2.62 bits per heavy atom. The third-order valence-corrected chi connectivity index (χ3v) is 5.42. The van der Waals surface area contributed by atoms with Crippen LogP contribution in [-0.2, 0) is 11.3 Å². The SMILES string of the molecule is O=C(/C=C/c1cn(C[C@H](O)C[NH+]2CCOCC2)c2ccccc12)c1ccccc1. The van der Waals surface area contributed by atoms with Gasteiger partial charge in [0.25, 0.3) is 0 Å². The Morgan fingerprint density at radius 2 is 1.83 bits per heavy atom. The average Bonchev–Trinajstić information content (AvgIpc) is 3.11. The molecular formula is C24H27N2O3+. The van der Waals surface area contributed by atoms with Crippen LogP contribution in [-0.4, -0.2) is 54.4 Å². The maximum absolute atomic E-state index is 12.4. The van der Waals surface area contributed by atoms with Crippen LogP contribution in [0, 0.1) is 0 Å². The van der Waals surface area contributed by atoms with Crippen LogP contribution in [0.1, 0.15) is 15.9 Å². The van der Waals surface area contributed by atoms with Crippen molar-refractivity contribution in [2.45, 2.75) is 12.6 Å². The molecule has 3 aromatic rings. The Hall–Kier alpha value is -2.73. The van der Waals surface area contributed by atoms with Crippen LogP contribution >= 0.6 is 0 Å². The molecule has 2 aromatic carbocycles. The number of nitrogens with zero attached hydrogens (tertiary/aromatic N) is 1. The molecule has 5 nitrogen and oxygen atoms in total. The number of aliphatic hydroxyl groups is 1. The molecule has 0 saturated carbocycles. The molecule has 0 amide bonds. The second-order valence-electron chi connectivity index (χ2n) is 7.54. The average molecular weight is 391 g/mol. The predicted octanol–water partition coefficient (Wildman–Crippen LogP) is 1.81. The smallest absolute Gasteiger partial charge is 0.185 e. The van der Waals surface area contributed by atoms with Crippen molar-refractivity contribution < 1.29 is 19.5 Å². The molecule has 0 spiro atoms. The summed E-state index contributed by atoms with van der Waals surface area (Å²) < 4.78 is 7.49. The van der Waals surface area contributed by atoms with Gasteiger partial charge in [-0.25, -0.2) is 0 Å². The van der Waals surface area contributed by atoms with Crippen molar-refractivity contribution in [1.82, 2.24) is 4.57 Å². The van der Waals surface area contributed by atoms with Crippen LogP contribution in [0.4, 0.5) is 0 Å². The molecule has 2 heterocycles. The molecule has 0 bridgehead atoms. The lowest BCUT2D eigenvalue weighted by Crippen LogP contribution is -3.15. The number of rotatable bonds is 7. The molecule has 1 aromatic heterocycles. The van der Waals surface area contributed by atoms with Crippen LogP contribution < -0.4 is 4.90 Å². The van der Waals surface area contributed by atoms with Crippen molar-refractivity contribution >= 4 is 22.8 Å². The number of para-hydroxylation sites is 1. The molecule has 150 valence electrons. The highest BCUT2D eigenvalue weighted by Crippen LogP contribution is 2.23. The first-order valence-electron chi connectivity index (χ1n) is 10.2. The normalized spacial score (nSPS) is 16.4. The van der Waals surface area contributed by atoms with E-state index in [4.69, 9.17) is 4.74 Å². The Labute approximate surface area is 170 Å². The highest BCUT2D eigenvalue weighted by molar-refractivity contribution is 6.07. The first-order chi connectivity index (χ1) is 14.2. The van der Waals surface area contributed by atoms with E-state index >= 15 is 0 Å².